The summed E-state index contributed by atoms with van der Waals surface area (Å²) in [7, 11) is 1.50. The van der Waals surface area contributed by atoms with Crippen molar-refractivity contribution >= 4 is 16.3 Å². The topological polar surface area (TPSA) is 41.5 Å². The van der Waals surface area contributed by atoms with Gasteiger partial charge in [0.05, 0.1) is 16.0 Å². The van der Waals surface area contributed by atoms with Crippen LogP contribution in [0.25, 0.3) is 21.6 Å². The zero-order valence-corrected chi connectivity index (χ0v) is 14.6. The van der Waals surface area contributed by atoms with Gasteiger partial charge in [0.15, 0.2) is 0 Å². The monoisotopic (exact) mass is 379 g/mol. The second-order valence-electron chi connectivity index (χ2n) is 5.54. The van der Waals surface area contributed by atoms with Gasteiger partial charge in [-0.05, 0) is 23.3 Å². The normalized spacial score (nSPS) is 11.5. The molecule has 1 aromatic heterocycles. The fourth-order valence-corrected chi connectivity index (χ4v) is 3.69. The van der Waals surface area contributed by atoms with Gasteiger partial charge >= 0.3 is 6.18 Å². The number of methoxy groups -OCH3 is 1. The molecular weight excluding hydrogens is 363 g/mol. The smallest absolute Gasteiger partial charge is 0.416 e. The third-order valence-corrected chi connectivity index (χ3v) is 4.96. The van der Waals surface area contributed by atoms with Gasteiger partial charge in [0.25, 0.3) is 0 Å². The van der Waals surface area contributed by atoms with Crippen LogP contribution in [0.5, 0.6) is 5.75 Å². The van der Waals surface area contributed by atoms with Crippen LogP contribution in [0.15, 0.2) is 54.6 Å². The van der Waals surface area contributed by atoms with E-state index in [0.29, 0.717) is 15.4 Å². The van der Waals surface area contributed by atoms with Gasteiger partial charge in [-0.25, -0.2) is 0 Å². The Bertz CT molecular complexity index is 892. The molecule has 2 N–H and O–H groups in total. The van der Waals surface area contributed by atoms with Crippen LogP contribution in [-0.4, -0.2) is 18.9 Å². The standard InChI is InChI=1S/C19H16F3NO2S/c1-25-11-23-18-15(13-8-5-9-14(10-13)19(20,21)22)16(24)17(26-18)12-6-3-2-4-7-12/h2-10,23-24H,11H2,1H3. The predicted molar refractivity (Wildman–Crippen MR) is 97.4 cm³/mol. The maximum absolute atomic E-state index is 13.1. The molecule has 0 atom stereocenters. The third kappa shape index (κ3) is 3.68. The second-order valence-corrected chi connectivity index (χ2v) is 6.56. The van der Waals surface area contributed by atoms with Crippen molar-refractivity contribution in [3.05, 3.63) is 60.2 Å². The van der Waals surface area contributed by atoms with Crippen molar-refractivity contribution < 1.29 is 23.0 Å². The lowest BCUT2D eigenvalue weighted by molar-refractivity contribution is -0.137. The first-order valence-electron chi connectivity index (χ1n) is 7.73. The van der Waals surface area contributed by atoms with Gasteiger partial charge in [-0.15, -0.1) is 11.3 Å². The van der Waals surface area contributed by atoms with Crippen LogP contribution in [0.4, 0.5) is 18.2 Å². The summed E-state index contributed by atoms with van der Waals surface area (Å²) in [4.78, 5) is 0.580. The van der Waals surface area contributed by atoms with Gasteiger partial charge in [-0.2, -0.15) is 13.2 Å². The van der Waals surface area contributed by atoms with Crippen molar-refractivity contribution in [1.29, 1.82) is 0 Å². The minimum absolute atomic E-state index is 0.0564. The number of hydrogen-bond donors (Lipinski definition) is 2. The fraction of sp³-hybridized carbons (Fsp3) is 0.158. The number of halogens is 3. The van der Waals surface area contributed by atoms with Crippen LogP contribution < -0.4 is 5.32 Å². The minimum atomic E-state index is -4.45. The number of thiophene rings is 1. The summed E-state index contributed by atoms with van der Waals surface area (Å²) in [5.41, 5.74) is 0.639. The SMILES string of the molecule is COCNc1sc(-c2ccccc2)c(O)c1-c1cccc(C(F)(F)F)c1. The molecule has 0 saturated carbocycles. The molecule has 7 heteroatoms. The molecule has 3 nitrogen and oxygen atoms in total. The number of anilines is 1. The Morgan fingerprint density at radius 3 is 2.38 bits per heavy atom. The molecule has 0 aliphatic rings. The number of hydrogen-bond acceptors (Lipinski definition) is 4. The molecule has 0 radical (unpaired) electrons. The van der Waals surface area contributed by atoms with Crippen molar-refractivity contribution in [3.8, 4) is 27.3 Å². The van der Waals surface area contributed by atoms with Crippen molar-refractivity contribution in [3.63, 3.8) is 0 Å². The molecule has 1 heterocycles. The van der Waals surface area contributed by atoms with Gasteiger partial charge in [-0.3, -0.25) is 0 Å². The molecule has 0 unspecified atom stereocenters. The maximum Gasteiger partial charge on any atom is 0.416 e. The molecule has 0 aliphatic heterocycles. The van der Waals surface area contributed by atoms with E-state index >= 15 is 0 Å². The lowest BCUT2D eigenvalue weighted by Crippen LogP contribution is -2.05. The van der Waals surface area contributed by atoms with E-state index in [9.17, 15) is 18.3 Å². The van der Waals surface area contributed by atoms with E-state index in [1.807, 2.05) is 30.3 Å². The van der Waals surface area contributed by atoms with E-state index in [4.69, 9.17) is 4.74 Å². The number of alkyl halides is 3. The summed E-state index contributed by atoms with van der Waals surface area (Å²) < 4.78 is 44.2. The fourth-order valence-electron chi connectivity index (χ4n) is 2.59. The molecule has 0 spiro atoms. The van der Waals surface area contributed by atoms with E-state index in [1.165, 1.54) is 24.5 Å². The van der Waals surface area contributed by atoms with Crippen LogP contribution in [0, 0.1) is 0 Å². The molecule has 0 saturated heterocycles. The number of ether oxygens (including phenoxy) is 1. The van der Waals surface area contributed by atoms with E-state index in [1.54, 1.807) is 6.07 Å². The lowest BCUT2D eigenvalue weighted by atomic mass is 10.0. The van der Waals surface area contributed by atoms with Gasteiger partial charge < -0.3 is 15.2 Å². The number of benzene rings is 2. The Labute approximate surface area is 152 Å². The number of nitrogens with one attached hydrogen (secondary N) is 1. The highest BCUT2D eigenvalue weighted by atomic mass is 32.1. The molecular formula is C19H16F3NO2S. The van der Waals surface area contributed by atoms with Gasteiger partial charge in [0.1, 0.15) is 17.5 Å². The lowest BCUT2D eigenvalue weighted by Gasteiger charge is -2.10. The Balaban J connectivity index is 2.15. The largest absolute Gasteiger partial charge is 0.506 e. The molecule has 0 aliphatic carbocycles. The molecule has 136 valence electrons. The van der Waals surface area contributed by atoms with Gasteiger partial charge in [-0.1, -0.05) is 42.5 Å². The summed E-state index contributed by atoms with van der Waals surface area (Å²) >= 11 is 1.26. The number of aromatic hydroxyl groups is 1. The predicted octanol–water partition coefficient (Wildman–Crippen LogP) is 5.82. The summed E-state index contributed by atoms with van der Waals surface area (Å²) in [5, 5.41) is 14.3. The van der Waals surface area contributed by atoms with E-state index in [-0.39, 0.29) is 18.0 Å². The average Bonchev–Trinajstić information content (AvgIpc) is 2.96. The molecule has 0 bridgehead atoms. The average molecular weight is 379 g/mol. The Kier molecular flexibility index (Phi) is 5.20. The van der Waals surface area contributed by atoms with Crippen molar-refractivity contribution in [2.75, 3.05) is 19.2 Å². The summed E-state index contributed by atoms with van der Waals surface area (Å²) in [6.45, 7) is 0.167. The number of rotatable bonds is 5. The van der Waals surface area contributed by atoms with Crippen molar-refractivity contribution in [1.82, 2.24) is 0 Å². The molecule has 2 aromatic carbocycles. The zero-order chi connectivity index (χ0) is 18.7. The van der Waals surface area contributed by atoms with E-state index < -0.39 is 11.7 Å². The van der Waals surface area contributed by atoms with E-state index in [2.05, 4.69) is 5.32 Å². The maximum atomic E-state index is 13.1. The molecule has 26 heavy (non-hydrogen) atoms. The van der Waals surface area contributed by atoms with Crippen LogP contribution >= 0.6 is 11.3 Å². The Hall–Kier alpha value is -2.51. The van der Waals surface area contributed by atoms with Crippen LogP contribution in [-0.2, 0) is 10.9 Å². The first-order valence-corrected chi connectivity index (χ1v) is 8.55. The van der Waals surface area contributed by atoms with Crippen LogP contribution in [0.2, 0.25) is 0 Å². The van der Waals surface area contributed by atoms with Gasteiger partial charge in [0, 0.05) is 7.11 Å². The molecule has 3 rings (SSSR count). The van der Waals surface area contributed by atoms with Crippen molar-refractivity contribution in [2.24, 2.45) is 0 Å². The zero-order valence-electron chi connectivity index (χ0n) is 13.8. The summed E-state index contributed by atoms with van der Waals surface area (Å²) in [6.07, 6.45) is -4.45. The second kappa shape index (κ2) is 7.39. The van der Waals surface area contributed by atoms with Crippen LogP contribution in [0.1, 0.15) is 5.56 Å². The summed E-state index contributed by atoms with van der Waals surface area (Å²) in [5.74, 6) is -0.0564. The molecule has 3 aromatic rings. The molecule has 0 amide bonds. The summed E-state index contributed by atoms with van der Waals surface area (Å²) in [6, 6.07) is 14.1. The highest BCUT2D eigenvalue weighted by Crippen LogP contribution is 2.50. The van der Waals surface area contributed by atoms with Crippen molar-refractivity contribution in [2.45, 2.75) is 6.18 Å². The third-order valence-electron chi connectivity index (χ3n) is 3.77. The highest BCUT2D eigenvalue weighted by Gasteiger charge is 2.31. The Morgan fingerprint density at radius 2 is 1.73 bits per heavy atom. The first kappa shape index (κ1) is 18.3. The highest BCUT2D eigenvalue weighted by molar-refractivity contribution is 7.20. The Morgan fingerprint density at radius 1 is 1.04 bits per heavy atom. The van der Waals surface area contributed by atoms with E-state index in [0.717, 1.165) is 17.7 Å². The minimum Gasteiger partial charge on any atom is -0.506 e. The molecule has 0 fully saturated rings. The first-order chi connectivity index (χ1) is 12.4. The van der Waals surface area contributed by atoms with Gasteiger partial charge in [0.2, 0.25) is 0 Å². The van der Waals surface area contributed by atoms with Crippen LogP contribution in [0.3, 0.4) is 0 Å². The quantitative estimate of drug-likeness (QED) is 0.549.